The Morgan fingerprint density at radius 1 is 1.11 bits per heavy atom. The van der Waals surface area contributed by atoms with Crippen molar-refractivity contribution in [2.75, 3.05) is 44.5 Å². The molecule has 0 aliphatic carbocycles. The smallest absolute Gasteiger partial charge is 0.0410 e. The van der Waals surface area contributed by atoms with Crippen LogP contribution >= 0.6 is 34.8 Å². The highest BCUT2D eigenvalue weighted by Gasteiger charge is 2.40. The first-order chi connectivity index (χ1) is 16.8. The van der Waals surface area contributed by atoms with Gasteiger partial charge in [0.15, 0.2) is 0 Å². The second-order valence-electron chi connectivity index (χ2n) is 8.39. The van der Waals surface area contributed by atoms with E-state index in [-0.39, 0.29) is 5.41 Å². The van der Waals surface area contributed by atoms with Crippen LogP contribution in [0.15, 0.2) is 78.5 Å². The van der Waals surface area contributed by atoms with Crippen molar-refractivity contribution in [2.24, 2.45) is 4.99 Å². The summed E-state index contributed by atoms with van der Waals surface area (Å²) in [6, 6.07) is 14.2. The molecule has 0 radical (unpaired) electrons. The van der Waals surface area contributed by atoms with Crippen molar-refractivity contribution in [3.05, 3.63) is 94.6 Å². The molecule has 1 aliphatic heterocycles. The number of alkyl halides is 1. The van der Waals surface area contributed by atoms with E-state index in [1.165, 1.54) is 23.0 Å². The first-order valence-corrected chi connectivity index (χ1v) is 12.9. The largest absolute Gasteiger partial charge is 0.373 e. The van der Waals surface area contributed by atoms with Crippen molar-refractivity contribution >= 4 is 53.3 Å². The van der Waals surface area contributed by atoms with Crippen LogP contribution in [0.5, 0.6) is 0 Å². The summed E-state index contributed by atoms with van der Waals surface area (Å²) in [5.41, 5.74) is 3.98. The molecular formula is C29H38Cl3N3. The van der Waals surface area contributed by atoms with Crippen LogP contribution in [-0.4, -0.2) is 51.2 Å². The number of halogens is 3. The Balaban J connectivity index is 0.000000585. The molecule has 3 nitrogen and oxygen atoms in total. The Morgan fingerprint density at radius 2 is 1.74 bits per heavy atom. The molecule has 3 rings (SSSR count). The van der Waals surface area contributed by atoms with Gasteiger partial charge in [-0.3, -0.25) is 4.99 Å². The predicted octanol–water partition coefficient (Wildman–Crippen LogP) is 8.37. The highest BCUT2D eigenvalue weighted by Crippen LogP contribution is 2.43. The fourth-order valence-corrected chi connectivity index (χ4v) is 4.53. The van der Waals surface area contributed by atoms with Crippen LogP contribution in [0.1, 0.15) is 31.4 Å². The minimum Gasteiger partial charge on any atom is -0.373 e. The second-order valence-corrected chi connectivity index (χ2v) is 9.57. The molecule has 0 spiro atoms. The van der Waals surface area contributed by atoms with Gasteiger partial charge in [-0.15, -0.1) is 11.6 Å². The van der Waals surface area contributed by atoms with E-state index >= 15 is 0 Å². The van der Waals surface area contributed by atoms with Gasteiger partial charge in [-0.1, -0.05) is 73.1 Å². The predicted molar refractivity (Wildman–Crippen MR) is 160 cm³/mol. The zero-order chi connectivity index (χ0) is 26.3. The number of aliphatic imine (C=N–C) groups is 1. The molecule has 0 amide bonds. The Morgan fingerprint density at radius 3 is 2.26 bits per heavy atom. The highest BCUT2D eigenvalue weighted by atomic mass is 35.5. The van der Waals surface area contributed by atoms with Gasteiger partial charge in [0.2, 0.25) is 0 Å². The molecule has 0 saturated carbocycles. The van der Waals surface area contributed by atoms with Crippen LogP contribution < -0.4 is 4.90 Å². The van der Waals surface area contributed by atoms with Crippen molar-refractivity contribution in [2.45, 2.75) is 25.7 Å². The van der Waals surface area contributed by atoms with Gasteiger partial charge < -0.3 is 9.80 Å². The zero-order valence-corrected chi connectivity index (χ0v) is 23.6. The lowest BCUT2D eigenvalue weighted by Gasteiger charge is -2.33. The van der Waals surface area contributed by atoms with Gasteiger partial charge in [0, 0.05) is 59.9 Å². The topological polar surface area (TPSA) is 18.8 Å². The first-order valence-electron chi connectivity index (χ1n) is 11.6. The van der Waals surface area contributed by atoms with E-state index in [1.54, 1.807) is 0 Å². The number of anilines is 1. The second kappa shape index (κ2) is 16.6. The monoisotopic (exact) mass is 533 g/mol. The van der Waals surface area contributed by atoms with Crippen LogP contribution in [0.4, 0.5) is 5.69 Å². The third-order valence-electron chi connectivity index (χ3n) is 5.78. The molecule has 6 heteroatoms. The molecule has 0 N–H and O–H groups in total. The summed E-state index contributed by atoms with van der Waals surface area (Å²) >= 11 is 17.5. The van der Waals surface area contributed by atoms with Gasteiger partial charge in [0.1, 0.15) is 0 Å². The van der Waals surface area contributed by atoms with E-state index in [0.29, 0.717) is 5.88 Å². The number of hydrogen-bond donors (Lipinski definition) is 0. The van der Waals surface area contributed by atoms with E-state index in [0.717, 1.165) is 36.1 Å². The number of likely N-dealkylation sites (N-methyl/N-ethyl adjacent to an activating group) is 2. The summed E-state index contributed by atoms with van der Waals surface area (Å²) in [6.45, 7) is 13.5. The molecule has 1 unspecified atom stereocenters. The third-order valence-corrected chi connectivity index (χ3v) is 6.45. The maximum Gasteiger partial charge on any atom is 0.0410 e. The fourth-order valence-electron chi connectivity index (χ4n) is 4.05. The summed E-state index contributed by atoms with van der Waals surface area (Å²) in [5.74, 6) is 0.635. The summed E-state index contributed by atoms with van der Waals surface area (Å²) in [7, 11) is 4.36. The van der Waals surface area contributed by atoms with Crippen molar-refractivity contribution in [1.29, 1.82) is 0 Å². The molecular weight excluding hydrogens is 497 g/mol. The maximum absolute atomic E-state index is 6.30. The van der Waals surface area contributed by atoms with Crippen molar-refractivity contribution < 1.29 is 0 Å². The van der Waals surface area contributed by atoms with Gasteiger partial charge in [0.25, 0.3) is 0 Å². The van der Waals surface area contributed by atoms with Crippen molar-refractivity contribution in [3.8, 4) is 0 Å². The molecule has 0 aromatic heterocycles. The van der Waals surface area contributed by atoms with Crippen molar-refractivity contribution in [1.82, 2.24) is 4.90 Å². The van der Waals surface area contributed by atoms with Gasteiger partial charge in [-0.2, -0.15) is 0 Å². The minimum atomic E-state index is 0.123. The van der Waals surface area contributed by atoms with Gasteiger partial charge in [-0.05, 0) is 68.6 Å². The summed E-state index contributed by atoms with van der Waals surface area (Å²) in [5, 5.41) is 1.59. The van der Waals surface area contributed by atoms with Crippen LogP contribution in [0.25, 0.3) is 6.08 Å². The lowest BCUT2D eigenvalue weighted by atomic mass is 9.79. The Labute approximate surface area is 227 Å². The molecule has 1 heterocycles. The zero-order valence-electron chi connectivity index (χ0n) is 21.4. The molecule has 2 aromatic rings. The number of rotatable bonds is 8. The van der Waals surface area contributed by atoms with Crippen molar-refractivity contribution in [3.63, 3.8) is 0 Å². The summed E-state index contributed by atoms with van der Waals surface area (Å²) in [6.07, 6.45) is 10.7. The Bertz CT molecular complexity index is 964. The number of hydrogen-bond acceptors (Lipinski definition) is 3. The van der Waals surface area contributed by atoms with E-state index in [1.807, 2.05) is 49.4 Å². The highest BCUT2D eigenvalue weighted by molar-refractivity contribution is 6.31. The number of benzene rings is 2. The van der Waals surface area contributed by atoms with E-state index in [4.69, 9.17) is 34.8 Å². The summed E-state index contributed by atoms with van der Waals surface area (Å²) < 4.78 is 0. The van der Waals surface area contributed by atoms with Crippen LogP contribution in [0.3, 0.4) is 0 Å². The van der Waals surface area contributed by atoms with Gasteiger partial charge in [-0.25, -0.2) is 0 Å². The number of nitrogens with zero attached hydrogens (tertiary/aromatic N) is 3. The summed E-state index contributed by atoms with van der Waals surface area (Å²) in [4.78, 5) is 7.99. The Hall–Kier alpha value is -2.04. The van der Waals surface area contributed by atoms with Crippen LogP contribution in [0.2, 0.25) is 10.0 Å². The average Bonchev–Trinajstić information content (AvgIpc) is 3.12. The molecule has 35 heavy (non-hydrogen) atoms. The lowest BCUT2D eigenvalue weighted by molar-refractivity contribution is 0.266. The Kier molecular flexibility index (Phi) is 14.7. The third kappa shape index (κ3) is 10.2. The standard InChI is InChI=1S/C22H26Cl2N2.C4H7Cl.C3H5N/c1-4-22(16-26(3)21-12-11-19(24)14-20(21)22)15-25(2)13-5-6-17-7-9-18(23)10-8-17;1-2-3-4-5;1-3-4-2/h5-12,14H,4,13,15-16H2,1-3H3;2-3H,4H2,1H3;3H,1-2H2/b6-5+;3-2+;. The van der Waals surface area contributed by atoms with Crippen LogP contribution in [0, 0.1) is 0 Å². The molecule has 0 saturated heterocycles. The van der Waals surface area contributed by atoms with Crippen LogP contribution in [-0.2, 0) is 5.41 Å². The minimum absolute atomic E-state index is 0.123. The first kappa shape index (κ1) is 31.0. The quantitative estimate of drug-likeness (QED) is 0.192. The molecule has 0 bridgehead atoms. The number of fused-ring (bicyclic) bond motifs is 1. The molecule has 1 atom stereocenters. The SMILES string of the molecule is C/C=C/CCl.C=CN=C.CCC1(CN(C)C/C=C/c2ccc(Cl)cc2)CN(C)c2ccc(Cl)cc21. The molecule has 2 aromatic carbocycles. The van der Waals surface area contributed by atoms with E-state index in [9.17, 15) is 0 Å². The average molecular weight is 535 g/mol. The van der Waals surface area contributed by atoms with Gasteiger partial charge >= 0.3 is 0 Å². The lowest BCUT2D eigenvalue weighted by Crippen LogP contribution is -2.42. The fraction of sp³-hybridized carbons (Fsp3) is 0.345. The van der Waals surface area contributed by atoms with Gasteiger partial charge in [0.05, 0.1) is 0 Å². The number of allylic oxidation sites excluding steroid dienone is 2. The molecule has 190 valence electrons. The van der Waals surface area contributed by atoms with E-state index in [2.05, 4.69) is 73.4 Å². The maximum atomic E-state index is 6.30. The van der Waals surface area contributed by atoms with E-state index < -0.39 is 0 Å². The molecule has 1 aliphatic rings. The normalized spacial score (nSPS) is 16.5. The molecule has 0 fully saturated rings.